The number of hydrogen-bond donors (Lipinski definition) is 1. The third kappa shape index (κ3) is 5.15. The van der Waals surface area contributed by atoms with Gasteiger partial charge in [0.1, 0.15) is 5.82 Å². The molecule has 0 radical (unpaired) electrons. The molecule has 0 amide bonds. The molecule has 0 aromatic heterocycles. The number of rotatable bonds is 7. The van der Waals surface area contributed by atoms with E-state index in [0.29, 0.717) is 17.9 Å². The van der Waals surface area contributed by atoms with Crippen molar-refractivity contribution in [3.63, 3.8) is 0 Å². The quantitative estimate of drug-likeness (QED) is 0.806. The molecule has 0 aliphatic carbocycles. The minimum Gasteiger partial charge on any atom is -0.388 e. The van der Waals surface area contributed by atoms with Gasteiger partial charge in [-0.2, -0.15) is 0 Å². The average molecular weight is 253 g/mol. The summed E-state index contributed by atoms with van der Waals surface area (Å²) in [7, 11) is 0. The van der Waals surface area contributed by atoms with Gasteiger partial charge in [-0.1, -0.05) is 32.9 Å². The van der Waals surface area contributed by atoms with Gasteiger partial charge in [-0.25, -0.2) is 4.39 Å². The van der Waals surface area contributed by atoms with Crippen LogP contribution in [0.15, 0.2) is 24.3 Å². The summed E-state index contributed by atoms with van der Waals surface area (Å²) in [6.45, 7) is 9.35. The molecular weight excluding hydrogens is 229 g/mol. The van der Waals surface area contributed by atoms with Crippen LogP contribution in [0.3, 0.4) is 0 Å². The highest BCUT2D eigenvalue weighted by Gasteiger charge is 2.11. The molecule has 1 aromatic carbocycles. The van der Waals surface area contributed by atoms with Gasteiger partial charge in [0.15, 0.2) is 0 Å². The molecule has 102 valence electrons. The molecule has 0 saturated heterocycles. The normalized spacial score (nSPS) is 13.3. The maximum Gasteiger partial charge on any atom is 0.123 e. The zero-order valence-corrected chi connectivity index (χ0v) is 11.6. The SMILES string of the molecule is CCN(CCC(O)c1cccc(F)c1)CC(C)C. The van der Waals surface area contributed by atoms with E-state index in [1.165, 1.54) is 12.1 Å². The van der Waals surface area contributed by atoms with Gasteiger partial charge in [-0.05, 0) is 36.6 Å². The molecule has 1 aromatic rings. The van der Waals surface area contributed by atoms with E-state index in [1.807, 2.05) is 0 Å². The summed E-state index contributed by atoms with van der Waals surface area (Å²) in [6.07, 6.45) is 0.0613. The number of aliphatic hydroxyl groups excluding tert-OH is 1. The van der Waals surface area contributed by atoms with E-state index in [4.69, 9.17) is 0 Å². The van der Waals surface area contributed by atoms with Gasteiger partial charge in [0.25, 0.3) is 0 Å². The summed E-state index contributed by atoms with van der Waals surface area (Å²) < 4.78 is 13.0. The topological polar surface area (TPSA) is 23.5 Å². The molecule has 1 N–H and O–H groups in total. The first-order chi connectivity index (χ1) is 8.52. The lowest BCUT2D eigenvalue weighted by Crippen LogP contribution is -2.29. The van der Waals surface area contributed by atoms with Crippen LogP contribution in [0, 0.1) is 11.7 Å². The highest BCUT2D eigenvalue weighted by molar-refractivity contribution is 5.18. The Balaban J connectivity index is 2.47. The molecule has 0 heterocycles. The van der Waals surface area contributed by atoms with E-state index in [1.54, 1.807) is 12.1 Å². The summed E-state index contributed by atoms with van der Waals surface area (Å²) in [4.78, 5) is 2.31. The molecule has 1 atom stereocenters. The van der Waals surface area contributed by atoms with Crippen molar-refractivity contribution >= 4 is 0 Å². The molecule has 0 saturated carbocycles. The van der Waals surface area contributed by atoms with Gasteiger partial charge in [-0.15, -0.1) is 0 Å². The van der Waals surface area contributed by atoms with Crippen LogP contribution >= 0.6 is 0 Å². The molecule has 0 fully saturated rings. The number of nitrogens with zero attached hydrogens (tertiary/aromatic N) is 1. The average Bonchev–Trinajstić information content (AvgIpc) is 2.33. The van der Waals surface area contributed by atoms with Gasteiger partial charge >= 0.3 is 0 Å². The third-order valence-electron chi connectivity index (χ3n) is 3.02. The predicted molar refractivity (Wildman–Crippen MR) is 72.9 cm³/mol. The molecule has 3 heteroatoms. The number of hydrogen-bond acceptors (Lipinski definition) is 2. The lowest BCUT2D eigenvalue weighted by Gasteiger charge is -2.23. The van der Waals surface area contributed by atoms with Crippen LogP contribution in [-0.4, -0.2) is 29.6 Å². The first-order valence-electron chi connectivity index (χ1n) is 6.68. The third-order valence-corrected chi connectivity index (χ3v) is 3.02. The smallest absolute Gasteiger partial charge is 0.123 e. The second-order valence-electron chi connectivity index (χ2n) is 5.15. The van der Waals surface area contributed by atoms with E-state index in [0.717, 1.165) is 19.6 Å². The van der Waals surface area contributed by atoms with E-state index in [-0.39, 0.29) is 5.82 Å². The minimum atomic E-state index is -0.582. The van der Waals surface area contributed by atoms with Crippen molar-refractivity contribution < 1.29 is 9.50 Å². The van der Waals surface area contributed by atoms with E-state index in [9.17, 15) is 9.50 Å². The number of halogens is 1. The van der Waals surface area contributed by atoms with Gasteiger partial charge in [0.05, 0.1) is 6.10 Å². The lowest BCUT2D eigenvalue weighted by atomic mass is 10.1. The standard InChI is InChI=1S/C15H24FNO/c1-4-17(11-12(2)3)9-8-15(18)13-6-5-7-14(16)10-13/h5-7,10,12,15,18H,4,8-9,11H2,1-3H3. The van der Waals surface area contributed by atoms with Crippen molar-refractivity contribution in [2.24, 2.45) is 5.92 Å². The monoisotopic (exact) mass is 253 g/mol. The zero-order chi connectivity index (χ0) is 13.5. The van der Waals surface area contributed by atoms with E-state index >= 15 is 0 Å². The Morgan fingerprint density at radius 3 is 2.61 bits per heavy atom. The molecular formula is C15H24FNO. The van der Waals surface area contributed by atoms with Gasteiger partial charge in [-0.3, -0.25) is 0 Å². The zero-order valence-electron chi connectivity index (χ0n) is 11.6. The van der Waals surface area contributed by atoms with Crippen LogP contribution in [0.2, 0.25) is 0 Å². The van der Waals surface area contributed by atoms with E-state index < -0.39 is 6.10 Å². The van der Waals surface area contributed by atoms with Crippen molar-refractivity contribution in [3.05, 3.63) is 35.6 Å². The Labute approximate surface area is 109 Å². The second kappa shape index (κ2) is 7.49. The maximum absolute atomic E-state index is 13.0. The fourth-order valence-electron chi connectivity index (χ4n) is 2.08. The summed E-state index contributed by atoms with van der Waals surface area (Å²) in [5.41, 5.74) is 0.663. The fraction of sp³-hybridized carbons (Fsp3) is 0.600. The lowest BCUT2D eigenvalue weighted by molar-refractivity contribution is 0.139. The Morgan fingerprint density at radius 1 is 1.33 bits per heavy atom. The Bertz CT molecular complexity index is 354. The molecule has 0 spiro atoms. The van der Waals surface area contributed by atoms with Crippen molar-refractivity contribution in [3.8, 4) is 0 Å². The Kier molecular flexibility index (Phi) is 6.30. The van der Waals surface area contributed by atoms with Crippen LogP contribution in [0.25, 0.3) is 0 Å². The van der Waals surface area contributed by atoms with Crippen LogP contribution < -0.4 is 0 Å². The summed E-state index contributed by atoms with van der Waals surface area (Å²) in [5, 5.41) is 10.0. The molecule has 1 rings (SSSR count). The summed E-state index contributed by atoms with van der Waals surface area (Å²) in [6, 6.07) is 6.21. The van der Waals surface area contributed by atoms with Crippen LogP contribution in [-0.2, 0) is 0 Å². The second-order valence-corrected chi connectivity index (χ2v) is 5.15. The van der Waals surface area contributed by atoms with Gasteiger partial charge in [0, 0.05) is 13.1 Å². The molecule has 0 bridgehead atoms. The predicted octanol–water partition coefficient (Wildman–Crippen LogP) is 3.23. The summed E-state index contributed by atoms with van der Waals surface area (Å²) in [5.74, 6) is 0.331. The van der Waals surface area contributed by atoms with Crippen LogP contribution in [0.1, 0.15) is 38.9 Å². The highest BCUT2D eigenvalue weighted by atomic mass is 19.1. The molecule has 0 aliphatic rings. The number of aliphatic hydroxyl groups is 1. The van der Waals surface area contributed by atoms with Crippen LogP contribution in [0.5, 0.6) is 0 Å². The largest absolute Gasteiger partial charge is 0.388 e. The fourth-order valence-corrected chi connectivity index (χ4v) is 2.08. The van der Waals surface area contributed by atoms with Crippen LogP contribution in [0.4, 0.5) is 4.39 Å². The van der Waals surface area contributed by atoms with Crippen molar-refractivity contribution in [1.82, 2.24) is 4.90 Å². The maximum atomic E-state index is 13.0. The molecule has 18 heavy (non-hydrogen) atoms. The van der Waals surface area contributed by atoms with Gasteiger partial charge in [0.2, 0.25) is 0 Å². The highest BCUT2D eigenvalue weighted by Crippen LogP contribution is 2.18. The molecule has 2 nitrogen and oxygen atoms in total. The first kappa shape index (κ1) is 15.1. The molecule has 1 unspecified atom stereocenters. The Hall–Kier alpha value is -0.930. The van der Waals surface area contributed by atoms with Gasteiger partial charge < -0.3 is 10.0 Å². The van der Waals surface area contributed by atoms with Crippen molar-refractivity contribution in [2.45, 2.75) is 33.3 Å². The van der Waals surface area contributed by atoms with Crippen molar-refractivity contribution in [2.75, 3.05) is 19.6 Å². The first-order valence-corrected chi connectivity index (χ1v) is 6.68. The number of benzene rings is 1. The van der Waals surface area contributed by atoms with Crippen molar-refractivity contribution in [1.29, 1.82) is 0 Å². The van der Waals surface area contributed by atoms with E-state index in [2.05, 4.69) is 25.7 Å². The Morgan fingerprint density at radius 2 is 2.06 bits per heavy atom. The summed E-state index contributed by atoms with van der Waals surface area (Å²) >= 11 is 0. The molecule has 0 aliphatic heterocycles. The minimum absolute atomic E-state index is 0.291.